The first-order valence-electron chi connectivity index (χ1n) is 8.34. The van der Waals surface area contributed by atoms with Gasteiger partial charge in [0.05, 0.1) is 19.9 Å². The minimum atomic E-state index is 0.284. The molecule has 134 valence electrons. The van der Waals surface area contributed by atoms with Gasteiger partial charge in [-0.15, -0.1) is 0 Å². The highest BCUT2D eigenvalue weighted by Crippen LogP contribution is 2.30. The number of nitrogen functional groups attached to an aromatic ring is 1. The number of hydrogen-bond acceptors (Lipinski definition) is 6. The summed E-state index contributed by atoms with van der Waals surface area (Å²) >= 11 is 0. The number of hydrogen-bond donors (Lipinski definition) is 3. The molecule has 0 atom stereocenters. The number of aromatic nitrogens is 2. The van der Waals surface area contributed by atoms with Crippen LogP contribution >= 0.6 is 0 Å². The van der Waals surface area contributed by atoms with Gasteiger partial charge >= 0.3 is 0 Å². The number of aromatic amines is 1. The molecule has 0 bridgehead atoms. The fraction of sp³-hybridized carbons (Fsp3) is 0.444. The van der Waals surface area contributed by atoms with Crippen LogP contribution in [-0.2, 0) is 13.0 Å². The first-order valence-corrected chi connectivity index (χ1v) is 8.34. The van der Waals surface area contributed by atoms with Crippen LogP contribution in [0, 0.1) is 11.3 Å². The molecule has 0 aliphatic carbocycles. The van der Waals surface area contributed by atoms with Gasteiger partial charge in [0.2, 0.25) is 0 Å². The molecular weight excluding hydrogens is 318 g/mol. The highest BCUT2D eigenvalue weighted by molar-refractivity contribution is 5.50. The van der Waals surface area contributed by atoms with E-state index in [1.807, 2.05) is 18.2 Å². The molecule has 0 saturated carbocycles. The monoisotopic (exact) mass is 343 g/mol. The molecule has 1 heterocycles. The first kappa shape index (κ1) is 18.6. The van der Waals surface area contributed by atoms with E-state index in [0.29, 0.717) is 5.56 Å². The number of nitrogens with two attached hydrogens (primary N) is 1. The van der Waals surface area contributed by atoms with E-state index in [9.17, 15) is 0 Å². The Labute approximate surface area is 148 Å². The summed E-state index contributed by atoms with van der Waals surface area (Å²) < 4.78 is 10.7. The SMILES string of the molecule is COc1cccc(CNCCCCCc2[nH]nc(N)c2C#N)c1OC. The Balaban J connectivity index is 1.68. The molecule has 0 saturated heterocycles. The summed E-state index contributed by atoms with van der Waals surface area (Å²) in [5, 5.41) is 19.2. The number of anilines is 1. The van der Waals surface area contributed by atoms with Gasteiger partial charge in [0, 0.05) is 12.1 Å². The summed E-state index contributed by atoms with van der Waals surface area (Å²) in [6, 6.07) is 7.97. The van der Waals surface area contributed by atoms with Crippen LogP contribution in [-0.4, -0.2) is 31.0 Å². The third kappa shape index (κ3) is 4.88. The molecule has 2 rings (SSSR count). The molecule has 7 nitrogen and oxygen atoms in total. The number of H-pyrrole nitrogens is 1. The van der Waals surface area contributed by atoms with Crippen LogP contribution in [0.5, 0.6) is 11.5 Å². The van der Waals surface area contributed by atoms with Gasteiger partial charge in [0.15, 0.2) is 17.3 Å². The molecule has 0 spiro atoms. The maximum absolute atomic E-state index is 9.03. The molecule has 1 aromatic heterocycles. The molecule has 2 aromatic rings. The summed E-state index contributed by atoms with van der Waals surface area (Å²) in [6.07, 6.45) is 3.89. The lowest BCUT2D eigenvalue weighted by Crippen LogP contribution is -2.15. The molecule has 0 radical (unpaired) electrons. The molecule has 1 aromatic carbocycles. The van der Waals surface area contributed by atoms with E-state index < -0.39 is 0 Å². The zero-order chi connectivity index (χ0) is 18.1. The van der Waals surface area contributed by atoms with Gasteiger partial charge in [-0.25, -0.2) is 0 Å². The smallest absolute Gasteiger partial charge is 0.165 e. The lowest BCUT2D eigenvalue weighted by atomic mass is 10.1. The van der Waals surface area contributed by atoms with Gasteiger partial charge in [0.1, 0.15) is 11.6 Å². The van der Waals surface area contributed by atoms with Crippen LogP contribution in [0.3, 0.4) is 0 Å². The van der Waals surface area contributed by atoms with E-state index in [0.717, 1.165) is 61.5 Å². The van der Waals surface area contributed by atoms with Crippen molar-refractivity contribution in [2.45, 2.75) is 32.2 Å². The van der Waals surface area contributed by atoms with Crippen LogP contribution in [0.2, 0.25) is 0 Å². The van der Waals surface area contributed by atoms with E-state index in [-0.39, 0.29) is 5.82 Å². The Morgan fingerprint density at radius 1 is 1.24 bits per heavy atom. The number of aryl methyl sites for hydroxylation is 1. The van der Waals surface area contributed by atoms with Crippen molar-refractivity contribution in [1.29, 1.82) is 5.26 Å². The number of nitrogens with zero attached hydrogens (tertiary/aromatic N) is 2. The van der Waals surface area contributed by atoms with E-state index in [1.54, 1.807) is 14.2 Å². The second kappa shape index (κ2) is 9.55. The van der Waals surface area contributed by atoms with Crippen LogP contribution in [0.1, 0.15) is 36.1 Å². The van der Waals surface area contributed by atoms with Crippen LogP contribution < -0.4 is 20.5 Å². The number of para-hydroxylation sites is 1. The summed E-state index contributed by atoms with van der Waals surface area (Å²) in [5.41, 5.74) is 8.01. The third-order valence-electron chi connectivity index (χ3n) is 4.06. The topological polar surface area (TPSA) is 109 Å². The van der Waals surface area contributed by atoms with Gasteiger partial charge < -0.3 is 20.5 Å². The van der Waals surface area contributed by atoms with Gasteiger partial charge in [-0.1, -0.05) is 18.6 Å². The Hall–Kier alpha value is -2.72. The highest BCUT2D eigenvalue weighted by Gasteiger charge is 2.10. The van der Waals surface area contributed by atoms with Crippen molar-refractivity contribution in [3.05, 3.63) is 35.0 Å². The lowest BCUT2D eigenvalue weighted by Gasteiger charge is -2.13. The van der Waals surface area contributed by atoms with E-state index in [1.165, 1.54) is 0 Å². The normalized spacial score (nSPS) is 10.4. The Morgan fingerprint density at radius 2 is 2.08 bits per heavy atom. The molecule has 0 fully saturated rings. The van der Waals surface area contributed by atoms with Gasteiger partial charge in [-0.3, -0.25) is 5.10 Å². The number of methoxy groups -OCH3 is 2. The lowest BCUT2D eigenvalue weighted by molar-refractivity contribution is 0.350. The third-order valence-corrected chi connectivity index (χ3v) is 4.06. The first-order chi connectivity index (χ1) is 12.2. The molecule has 0 aliphatic rings. The zero-order valence-corrected chi connectivity index (χ0v) is 14.8. The fourth-order valence-electron chi connectivity index (χ4n) is 2.74. The number of nitrogens with one attached hydrogen (secondary N) is 2. The maximum atomic E-state index is 9.03. The Kier molecular flexibility index (Phi) is 7.11. The standard InChI is InChI=1S/C18H25N5O2/c1-24-16-9-6-7-13(17(16)25-2)12-21-10-5-3-4-8-15-14(11-19)18(20)23-22-15/h6-7,9,21H,3-5,8,10,12H2,1-2H3,(H3,20,22,23). The van der Waals surface area contributed by atoms with Crippen molar-refractivity contribution in [3.8, 4) is 17.6 Å². The molecule has 0 unspecified atom stereocenters. The van der Waals surface area contributed by atoms with Gasteiger partial charge in [0.25, 0.3) is 0 Å². The number of ether oxygens (including phenoxy) is 2. The fourth-order valence-corrected chi connectivity index (χ4v) is 2.74. The van der Waals surface area contributed by atoms with Crippen LogP contribution in [0.4, 0.5) is 5.82 Å². The molecule has 4 N–H and O–H groups in total. The van der Waals surface area contributed by atoms with Gasteiger partial charge in [-0.05, 0) is 31.9 Å². The summed E-state index contributed by atoms with van der Waals surface area (Å²) in [6.45, 7) is 1.65. The van der Waals surface area contributed by atoms with Crippen molar-refractivity contribution < 1.29 is 9.47 Å². The highest BCUT2D eigenvalue weighted by atomic mass is 16.5. The van der Waals surface area contributed by atoms with Crippen molar-refractivity contribution in [2.75, 3.05) is 26.5 Å². The van der Waals surface area contributed by atoms with Crippen molar-refractivity contribution in [2.24, 2.45) is 0 Å². The predicted molar refractivity (Wildman–Crippen MR) is 96.5 cm³/mol. The second-order valence-corrected chi connectivity index (χ2v) is 5.71. The summed E-state index contributed by atoms with van der Waals surface area (Å²) in [7, 11) is 3.29. The molecule has 0 amide bonds. The molecule has 7 heteroatoms. The number of unbranched alkanes of at least 4 members (excludes halogenated alkanes) is 2. The van der Waals surface area contributed by atoms with E-state index in [2.05, 4.69) is 21.6 Å². The van der Waals surface area contributed by atoms with E-state index in [4.69, 9.17) is 20.5 Å². The van der Waals surface area contributed by atoms with Crippen LogP contribution in [0.15, 0.2) is 18.2 Å². The predicted octanol–water partition coefficient (Wildman–Crippen LogP) is 2.38. The largest absolute Gasteiger partial charge is 0.493 e. The van der Waals surface area contributed by atoms with Gasteiger partial charge in [-0.2, -0.15) is 10.4 Å². The Morgan fingerprint density at radius 3 is 2.80 bits per heavy atom. The summed E-state index contributed by atoms with van der Waals surface area (Å²) in [5.74, 6) is 1.80. The van der Waals surface area contributed by atoms with Crippen molar-refractivity contribution in [1.82, 2.24) is 15.5 Å². The summed E-state index contributed by atoms with van der Waals surface area (Å²) in [4.78, 5) is 0. The number of rotatable bonds is 10. The van der Waals surface area contributed by atoms with E-state index >= 15 is 0 Å². The van der Waals surface area contributed by atoms with Crippen molar-refractivity contribution in [3.63, 3.8) is 0 Å². The average Bonchev–Trinajstić information content (AvgIpc) is 3.00. The number of nitriles is 1. The molecular formula is C18H25N5O2. The maximum Gasteiger partial charge on any atom is 0.165 e. The minimum absolute atomic E-state index is 0.284. The molecule has 0 aliphatic heterocycles. The van der Waals surface area contributed by atoms with Crippen molar-refractivity contribution >= 4 is 5.82 Å². The Bertz CT molecular complexity index is 721. The zero-order valence-electron chi connectivity index (χ0n) is 14.8. The number of benzene rings is 1. The molecule has 25 heavy (non-hydrogen) atoms. The minimum Gasteiger partial charge on any atom is -0.493 e. The van der Waals surface area contributed by atoms with Crippen LogP contribution in [0.25, 0.3) is 0 Å². The second-order valence-electron chi connectivity index (χ2n) is 5.71. The quantitative estimate of drug-likeness (QED) is 0.572. The average molecular weight is 343 g/mol.